The van der Waals surface area contributed by atoms with E-state index in [1.165, 1.54) is 17.0 Å². The first kappa shape index (κ1) is 25.5. The topological polar surface area (TPSA) is 94.2 Å². The molecule has 186 valence electrons. The average Bonchev–Trinajstić information content (AvgIpc) is 2.76. The van der Waals surface area contributed by atoms with E-state index < -0.39 is 17.8 Å². The van der Waals surface area contributed by atoms with Crippen LogP contribution in [0.15, 0.2) is 35.5 Å². The minimum absolute atomic E-state index is 0.112. The van der Waals surface area contributed by atoms with Crippen LogP contribution in [0.5, 0.6) is 0 Å². The van der Waals surface area contributed by atoms with E-state index >= 15 is 0 Å². The maximum atomic E-state index is 13.9. The second kappa shape index (κ2) is 10.4. The van der Waals surface area contributed by atoms with E-state index in [-0.39, 0.29) is 29.8 Å². The van der Waals surface area contributed by atoms with Gasteiger partial charge < -0.3 is 20.3 Å². The van der Waals surface area contributed by atoms with E-state index in [0.717, 1.165) is 0 Å². The second-order valence-electron chi connectivity index (χ2n) is 9.52. The SMILES string of the molecule is CCOC(=O)C1=C(CN2CCN(C(=O)NC(C)(C)C)CC2)N(C)C(=O)NC1c1cccc(F)c1. The van der Waals surface area contributed by atoms with Crippen molar-refractivity contribution in [3.05, 3.63) is 46.9 Å². The summed E-state index contributed by atoms with van der Waals surface area (Å²) in [6.07, 6.45) is 0. The van der Waals surface area contributed by atoms with E-state index in [1.54, 1.807) is 31.0 Å². The Morgan fingerprint density at radius 1 is 1.21 bits per heavy atom. The number of ether oxygens (including phenoxy) is 1. The van der Waals surface area contributed by atoms with Gasteiger partial charge in [0.1, 0.15) is 5.82 Å². The second-order valence-corrected chi connectivity index (χ2v) is 9.52. The van der Waals surface area contributed by atoms with Gasteiger partial charge in [-0.05, 0) is 45.4 Å². The van der Waals surface area contributed by atoms with Gasteiger partial charge in [-0.1, -0.05) is 12.1 Å². The summed E-state index contributed by atoms with van der Waals surface area (Å²) in [6.45, 7) is 10.2. The van der Waals surface area contributed by atoms with Crippen LogP contribution in [0.25, 0.3) is 0 Å². The first-order chi connectivity index (χ1) is 16.0. The van der Waals surface area contributed by atoms with Gasteiger partial charge in [-0.25, -0.2) is 18.8 Å². The highest BCUT2D eigenvalue weighted by molar-refractivity contribution is 5.95. The molecule has 0 bridgehead atoms. The van der Waals surface area contributed by atoms with Gasteiger partial charge in [0.2, 0.25) is 0 Å². The van der Waals surface area contributed by atoms with Crippen molar-refractivity contribution >= 4 is 18.0 Å². The molecule has 0 aliphatic carbocycles. The van der Waals surface area contributed by atoms with E-state index in [4.69, 9.17) is 4.74 Å². The van der Waals surface area contributed by atoms with Gasteiger partial charge in [-0.3, -0.25) is 9.80 Å². The van der Waals surface area contributed by atoms with Crippen LogP contribution in [0.3, 0.4) is 0 Å². The number of amides is 4. The highest BCUT2D eigenvalue weighted by Crippen LogP contribution is 2.32. The van der Waals surface area contributed by atoms with Crippen molar-refractivity contribution in [3.8, 4) is 0 Å². The Hall–Kier alpha value is -3.14. The number of hydrogen-bond donors (Lipinski definition) is 2. The zero-order chi connectivity index (χ0) is 25.0. The number of piperazine rings is 1. The van der Waals surface area contributed by atoms with Crippen LogP contribution >= 0.6 is 0 Å². The Morgan fingerprint density at radius 2 is 1.88 bits per heavy atom. The number of carbonyl (C=O) groups excluding carboxylic acids is 3. The largest absolute Gasteiger partial charge is 0.463 e. The quantitative estimate of drug-likeness (QED) is 0.638. The van der Waals surface area contributed by atoms with Crippen LogP contribution in [0, 0.1) is 5.82 Å². The summed E-state index contributed by atoms with van der Waals surface area (Å²) in [5.74, 6) is -1.01. The van der Waals surface area contributed by atoms with Crippen molar-refractivity contribution in [2.24, 2.45) is 0 Å². The summed E-state index contributed by atoms with van der Waals surface area (Å²) in [6, 6.07) is 4.50. The molecule has 9 nitrogen and oxygen atoms in total. The maximum Gasteiger partial charge on any atom is 0.338 e. The molecule has 0 aromatic heterocycles. The minimum Gasteiger partial charge on any atom is -0.463 e. The minimum atomic E-state index is -0.827. The first-order valence-corrected chi connectivity index (χ1v) is 11.5. The first-order valence-electron chi connectivity index (χ1n) is 11.5. The molecule has 4 amide bonds. The predicted molar refractivity (Wildman–Crippen MR) is 125 cm³/mol. The molecule has 2 heterocycles. The lowest BCUT2D eigenvalue weighted by Crippen LogP contribution is -2.56. The Kier molecular flexibility index (Phi) is 7.81. The molecule has 0 saturated carbocycles. The van der Waals surface area contributed by atoms with Crippen molar-refractivity contribution in [1.82, 2.24) is 25.3 Å². The van der Waals surface area contributed by atoms with E-state index in [9.17, 15) is 18.8 Å². The number of halogens is 1. The smallest absolute Gasteiger partial charge is 0.338 e. The summed E-state index contributed by atoms with van der Waals surface area (Å²) < 4.78 is 19.3. The third kappa shape index (κ3) is 6.05. The number of hydrogen-bond acceptors (Lipinski definition) is 5. The summed E-state index contributed by atoms with van der Waals surface area (Å²) in [4.78, 5) is 43.5. The molecule has 34 heavy (non-hydrogen) atoms. The van der Waals surface area contributed by atoms with Crippen LogP contribution in [-0.4, -0.2) is 84.6 Å². The van der Waals surface area contributed by atoms with Crippen LogP contribution in [0.2, 0.25) is 0 Å². The molecule has 0 radical (unpaired) electrons. The molecule has 1 atom stereocenters. The van der Waals surface area contributed by atoms with E-state index in [1.807, 2.05) is 20.8 Å². The van der Waals surface area contributed by atoms with Gasteiger partial charge in [0, 0.05) is 51.0 Å². The molecule has 0 spiro atoms. The number of esters is 1. The Bertz CT molecular complexity index is 966. The summed E-state index contributed by atoms with van der Waals surface area (Å²) >= 11 is 0. The van der Waals surface area contributed by atoms with Gasteiger partial charge in [0.25, 0.3) is 0 Å². The molecule has 2 N–H and O–H groups in total. The average molecular weight is 476 g/mol. The lowest BCUT2D eigenvalue weighted by molar-refractivity contribution is -0.139. The highest BCUT2D eigenvalue weighted by atomic mass is 19.1. The van der Waals surface area contributed by atoms with Crippen LogP contribution in [0.4, 0.5) is 14.0 Å². The monoisotopic (exact) mass is 475 g/mol. The maximum absolute atomic E-state index is 13.9. The zero-order valence-electron chi connectivity index (χ0n) is 20.5. The molecule has 2 aliphatic rings. The molecule has 1 aromatic carbocycles. The van der Waals surface area contributed by atoms with E-state index in [0.29, 0.717) is 44.0 Å². The van der Waals surface area contributed by atoms with Crippen molar-refractivity contribution < 1.29 is 23.5 Å². The summed E-state index contributed by atoms with van der Waals surface area (Å²) in [5, 5.41) is 5.76. The van der Waals surface area contributed by atoms with Gasteiger partial charge >= 0.3 is 18.0 Å². The lowest BCUT2D eigenvalue weighted by atomic mass is 9.94. The number of rotatable bonds is 5. The van der Waals surface area contributed by atoms with Gasteiger partial charge in [-0.15, -0.1) is 0 Å². The molecule has 1 aromatic rings. The Balaban J connectivity index is 1.85. The van der Waals surface area contributed by atoms with Crippen molar-refractivity contribution in [1.29, 1.82) is 0 Å². The van der Waals surface area contributed by atoms with E-state index in [2.05, 4.69) is 15.5 Å². The zero-order valence-corrected chi connectivity index (χ0v) is 20.5. The van der Waals surface area contributed by atoms with Crippen molar-refractivity contribution in [2.75, 3.05) is 46.4 Å². The van der Waals surface area contributed by atoms with Crippen molar-refractivity contribution in [2.45, 2.75) is 39.3 Å². The fourth-order valence-corrected chi connectivity index (χ4v) is 4.05. The number of nitrogens with one attached hydrogen (secondary N) is 2. The normalized spacial score (nSPS) is 19.7. The van der Waals surface area contributed by atoms with Gasteiger partial charge in [-0.2, -0.15) is 0 Å². The molecular weight excluding hydrogens is 441 g/mol. The van der Waals surface area contributed by atoms with Crippen LogP contribution < -0.4 is 10.6 Å². The van der Waals surface area contributed by atoms with Crippen molar-refractivity contribution in [3.63, 3.8) is 0 Å². The fraction of sp³-hybridized carbons (Fsp3) is 0.542. The third-order valence-electron chi connectivity index (χ3n) is 5.77. The van der Waals surface area contributed by atoms with Crippen LogP contribution in [-0.2, 0) is 9.53 Å². The summed E-state index contributed by atoms with van der Waals surface area (Å²) in [7, 11) is 1.60. The Labute approximate surface area is 199 Å². The number of benzene rings is 1. The molecule has 1 fully saturated rings. The predicted octanol–water partition coefficient (Wildman–Crippen LogP) is 2.46. The highest BCUT2D eigenvalue weighted by Gasteiger charge is 2.38. The lowest BCUT2D eigenvalue weighted by Gasteiger charge is -2.40. The number of carbonyl (C=O) groups is 3. The number of nitrogens with zero attached hydrogens (tertiary/aromatic N) is 3. The number of urea groups is 2. The molecule has 2 aliphatic heterocycles. The number of likely N-dealkylation sites (N-methyl/N-ethyl adjacent to an activating group) is 1. The van der Waals surface area contributed by atoms with Crippen LogP contribution in [0.1, 0.15) is 39.3 Å². The van der Waals surface area contributed by atoms with Gasteiger partial charge in [0.05, 0.1) is 18.2 Å². The fourth-order valence-electron chi connectivity index (χ4n) is 4.05. The standard InChI is InChI=1S/C24H34FN5O4/c1-6-34-21(31)19-18(15-29-10-12-30(13-11-29)23(33)27-24(2,3)4)28(5)22(32)26-20(19)16-8-7-9-17(25)14-16/h7-9,14,20H,6,10-13,15H2,1-5H3,(H,26,32)(H,27,33). The summed E-state index contributed by atoms with van der Waals surface area (Å²) in [5.41, 5.74) is 0.926. The molecular formula is C24H34FN5O4. The Morgan fingerprint density at radius 3 is 2.47 bits per heavy atom. The van der Waals surface area contributed by atoms with Gasteiger partial charge in [0.15, 0.2) is 0 Å². The molecule has 10 heteroatoms. The molecule has 3 rings (SSSR count). The molecule has 1 unspecified atom stereocenters. The third-order valence-corrected chi connectivity index (χ3v) is 5.77. The molecule has 1 saturated heterocycles.